The van der Waals surface area contributed by atoms with Crippen molar-refractivity contribution < 1.29 is 29.0 Å². The lowest BCUT2D eigenvalue weighted by Gasteiger charge is -2.26. The molecular weight excluding hydrogens is 482 g/mol. The quantitative estimate of drug-likeness (QED) is 0.181. The van der Waals surface area contributed by atoms with E-state index in [9.17, 15) is 19.5 Å². The zero-order valence-corrected chi connectivity index (χ0v) is 22.1. The first kappa shape index (κ1) is 26.7. The highest BCUT2D eigenvalue weighted by Gasteiger charge is 2.47. The predicted octanol–water partition coefficient (Wildman–Crippen LogP) is 5.97. The summed E-state index contributed by atoms with van der Waals surface area (Å²) in [5, 5.41) is 11.4. The van der Waals surface area contributed by atoms with Gasteiger partial charge in [-0.1, -0.05) is 42.0 Å². The van der Waals surface area contributed by atoms with E-state index in [-0.39, 0.29) is 23.5 Å². The van der Waals surface area contributed by atoms with Crippen molar-refractivity contribution in [3.05, 3.63) is 101 Å². The Balaban J connectivity index is 1.83. The molecule has 3 aromatic carbocycles. The average Bonchev–Trinajstić information content (AvgIpc) is 3.13. The van der Waals surface area contributed by atoms with Crippen LogP contribution in [0.5, 0.6) is 5.75 Å². The Hall–Kier alpha value is -4.39. The Morgan fingerprint density at radius 2 is 1.55 bits per heavy atom. The fraction of sp³-hybridized carbons (Fsp3) is 0.258. The van der Waals surface area contributed by atoms with E-state index in [1.807, 2.05) is 45.0 Å². The molecule has 7 nitrogen and oxygen atoms in total. The number of aliphatic hydroxyl groups excluding tert-OH is 1. The summed E-state index contributed by atoms with van der Waals surface area (Å²) in [4.78, 5) is 40.5. The fourth-order valence-electron chi connectivity index (χ4n) is 4.44. The fourth-order valence-corrected chi connectivity index (χ4v) is 4.44. The van der Waals surface area contributed by atoms with Gasteiger partial charge in [-0.05, 0) is 76.6 Å². The maximum atomic E-state index is 13.4. The highest BCUT2D eigenvalue weighted by Crippen LogP contribution is 2.42. The smallest absolute Gasteiger partial charge is 0.338 e. The Kier molecular flexibility index (Phi) is 7.67. The molecular formula is C31H31NO6. The van der Waals surface area contributed by atoms with Crippen molar-refractivity contribution in [3.8, 4) is 5.75 Å². The van der Waals surface area contributed by atoms with E-state index >= 15 is 0 Å². The van der Waals surface area contributed by atoms with Gasteiger partial charge in [0.15, 0.2) is 0 Å². The summed E-state index contributed by atoms with van der Waals surface area (Å²) < 4.78 is 11.0. The van der Waals surface area contributed by atoms with Gasteiger partial charge >= 0.3 is 5.97 Å². The number of aliphatic hydroxyl groups is 1. The number of hydrogen-bond donors (Lipinski definition) is 1. The third-order valence-electron chi connectivity index (χ3n) is 6.01. The summed E-state index contributed by atoms with van der Waals surface area (Å²) >= 11 is 0. The number of rotatable bonds is 7. The molecule has 1 heterocycles. The first-order chi connectivity index (χ1) is 18.1. The number of aryl methyl sites for hydroxylation is 1. The Morgan fingerprint density at radius 1 is 0.868 bits per heavy atom. The maximum absolute atomic E-state index is 13.4. The van der Waals surface area contributed by atoms with Gasteiger partial charge in [0.05, 0.1) is 29.4 Å². The van der Waals surface area contributed by atoms with Crippen LogP contribution in [0.4, 0.5) is 5.69 Å². The number of carbonyl (C=O) groups is 3. The molecule has 0 aromatic heterocycles. The van der Waals surface area contributed by atoms with Gasteiger partial charge < -0.3 is 14.6 Å². The van der Waals surface area contributed by atoms with Crippen molar-refractivity contribution in [3.63, 3.8) is 0 Å². The number of hydrogen-bond acceptors (Lipinski definition) is 6. The molecule has 196 valence electrons. The van der Waals surface area contributed by atoms with E-state index in [0.29, 0.717) is 28.1 Å². The SMILES string of the molecule is Cc1cccc(C2/C(=C(\O)c3cccc(OC(C)C)c3)C(=O)C(=O)N2c2ccc(C(=O)OC(C)C)cc2)c1. The third-order valence-corrected chi connectivity index (χ3v) is 6.01. The summed E-state index contributed by atoms with van der Waals surface area (Å²) in [6.45, 7) is 9.22. The molecule has 0 saturated carbocycles. The molecule has 1 saturated heterocycles. The van der Waals surface area contributed by atoms with Gasteiger partial charge in [-0.3, -0.25) is 14.5 Å². The Morgan fingerprint density at radius 3 is 2.18 bits per heavy atom. The molecule has 1 fully saturated rings. The lowest BCUT2D eigenvalue weighted by Crippen LogP contribution is -2.29. The van der Waals surface area contributed by atoms with E-state index in [4.69, 9.17) is 9.47 Å². The van der Waals surface area contributed by atoms with Crippen molar-refractivity contribution in [2.24, 2.45) is 0 Å². The second-order valence-corrected chi connectivity index (χ2v) is 9.78. The molecule has 7 heteroatoms. The van der Waals surface area contributed by atoms with Gasteiger partial charge in [0.2, 0.25) is 0 Å². The normalized spacial score (nSPS) is 16.8. The maximum Gasteiger partial charge on any atom is 0.338 e. The lowest BCUT2D eigenvalue weighted by molar-refractivity contribution is -0.132. The molecule has 1 N–H and O–H groups in total. The van der Waals surface area contributed by atoms with Crippen LogP contribution in [-0.4, -0.2) is 35.0 Å². The van der Waals surface area contributed by atoms with Crippen LogP contribution in [0.3, 0.4) is 0 Å². The van der Waals surface area contributed by atoms with E-state index in [0.717, 1.165) is 5.56 Å². The Bertz CT molecular complexity index is 1400. The van der Waals surface area contributed by atoms with Crippen LogP contribution in [0, 0.1) is 6.92 Å². The molecule has 38 heavy (non-hydrogen) atoms. The van der Waals surface area contributed by atoms with Crippen molar-refractivity contribution >= 4 is 29.1 Å². The van der Waals surface area contributed by atoms with E-state index < -0.39 is 23.7 Å². The highest BCUT2D eigenvalue weighted by atomic mass is 16.5. The van der Waals surface area contributed by atoms with Crippen LogP contribution in [0.2, 0.25) is 0 Å². The van der Waals surface area contributed by atoms with Crippen LogP contribution < -0.4 is 9.64 Å². The number of Topliss-reactive ketones (excluding diaryl/α,β-unsaturated/α-hetero) is 1. The van der Waals surface area contributed by atoms with Crippen molar-refractivity contribution in [1.29, 1.82) is 0 Å². The predicted molar refractivity (Wildman–Crippen MR) is 145 cm³/mol. The molecule has 1 atom stereocenters. The zero-order valence-electron chi connectivity index (χ0n) is 22.1. The second kappa shape index (κ2) is 10.9. The number of ketones is 1. The van der Waals surface area contributed by atoms with Crippen LogP contribution in [0.1, 0.15) is 60.8 Å². The number of carbonyl (C=O) groups excluding carboxylic acids is 3. The highest BCUT2D eigenvalue weighted by molar-refractivity contribution is 6.51. The molecule has 1 aliphatic rings. The number of amides is 1. The summed E-state index contributed by atoms with van der Waals surface area (Å²) in [5.74, 6) is -1.80. The molecule has 0 spiro atoms. The van der Waals surface area contributed by atoms with Crippen molar-refractivity contribution in [1.82, 2.24) is 0 Å². The van der Waals surface area contributed by atoms with E-state index in [1.165, 1.54) is 4.90 Å². The zero-order chi connectivity index (χ0) is 27.6. The van der Waals surface area contributed by atoms with E-state index in [1.54, 1.807) is 62.4 Å². The first-order valence-electron chi connectivity index (χ1n) is 12.5. The summed E-state index contributed by atoms with van der Waals surface area (Å²) in [6, 6.07) is 19.7. The molecule has 0 aliphatic carbocycles. The lowest BCUT2D eigenvalue weighted by atomic mass is 9.94. The van der Waals surface area contributed by atoms with Gasteiger partial charge in [0, 0.05) is 11.3 Å². The largest absolute Gasteiger partial charge is 0.507 e. The number of ether oxygens (including phenoxy) is 2. The molecule has 0 bridgehead atoms. The minimum Gasteiger partial charge on any atom is -0.507 e. The number of esters is 1. The first-order valence-corrected chi connectivity index (χ1v) is 12.5. The molecule has 1 amide bonds. The van der Waals surface area contributed by atoms with Crippen LogP contribution >= 0.6 is 0 Å². The molecule has 0 radical (unpaired) electrons. The van der Waals surface area contributed by atoms with Gasteiger partial charge in [0.1, 0.15) is 11.5 Å². The third kappa shape index (κ3) is 5.47. The van der Waals surface area contributed by atoms with Crippen LogP contribution in [0.15, 0.2) is 78.4 Å². The standard InChI is InChI=1S/C31H31NO6/c1-18(2)37-25-11-7-10-23(17-25)28(33)26-27(22-9-6-8-20(5)16-22)32(30(35)29(26)34)24-14-12-21(13-15-24)31(36)38-19(3)4/h6-19,27,33H,1-5H3/b28-26+. The summed E-state index contributed by atoms with van der Waals surface area (Å²) in [5.41, 5.74) is 2.69. The van der Waals surface area contributed by atoms with Gasteiger partial charge in [-0.2, -0.15) is 0 Å². The monoisotopic (exact) mass is 513 g/mol. The van der Waals surface area contributed by atoms with Crippen LogP contribution in [-0.2, 0) is 14.3 Å². The average molecular weight is 514 g/mol. The summed E-state index contributed by atoms with van der Waals surface area (Å²) in [6.07, 6.45) is -0.350. The molecule has 1 aliphatic heterocycles. The second-order valence-electron chi connectivity index (χ2n) is 9.78. The van der Waals surface area contributed by atoms with Crippen LogP contribution in [0.25, 0.3) is 5.76 Å². The number of benzene rings is 3. The van der Waals surface area contributed by atoms with Crippen molar-refractivity contribution in [2.75, 3.05) is 4.90 Å². The topological polar surface area (TPSA) is 93.1 Å². The minimum absolute atomic E-state index is 0.0226. The van der Waals surface area contributed by atoms with Gasteiger partial charge in [-0.15, -0.1) is 0 Å². The van der Waals surface area contributed by atoms with Gasteiger partial charge in [0.25, 0.3) is 11.7 Å². The van der Waals surface area contributed by atoms with Crippen molar-refractivity contribution in [2.45, 2.75) is 52.9 Å². The van der Waals surface area contributed by atoms with E-state index in [2.05, 4.69) is 0 Å². The summed E-state index contributed by atoms with van der Waals surface area (Å²) in [7, 11) is 0. The Labute approximate surface area is 222 Å². The molecule has 1 unspecified atom stereocenters. The molecule has 3 aromatic rings. The molecule has 4 rings (SSSR count). The number of nitrogens with zero attached hydrogens (tertiary/aromatic N) is 1. The van der Waals surface area contributed by atoms with Gasteiger partial charge in [-0.25, -0.2) is 4.79 Å². The minimum atomic E-state index is -0.877. The number of anilines is 1.